The van der Waals surface area contributed by atoms with Crippen LogP contribution in [0.2, 0.25) is 0 Å². The molecule has 0 unspecified atom stereocenters. The number of anilines is 2. The Balaban J connectivity index is 1.21. The summed E-state index contributed by atoms with van der Waals surface area (Å²) < 4.78 is 7.56. The highest BCUT2D eigenvalue weighted by Gasteiger charge is 2.30. The van der Waals surface area contributed by atoms with E-state index in [1.165, 1.54) is 11.8 Å². The maximum atomic E-state index is 12.5. The number of nitrogens with zero attached hydrogens (tertiary/aromatic N) is 5. The summed E-state index contributed by atoms with van der Waals surface area (Å²) in [6.07, 6.45) is 5.74. The molecule has 160 valence electrons. The van der Waals surface area contributed by atoms with E-state index >= 15 is 0 Å². The molecule has 8 nitrogen and oxygen atoms in total. The number of amides is 1. The zero-order valence-electron chi connectivity index (χ0n) is 17.1. The van der Waals surface area contributed by atoms with Gasteiger partial charge in [-0.15, -0.1) is 10.2 Å². The maximum Gasteiger partial charge on any atom is 0.234 e. The molecule has 3 heterocycles. The number of ether oxygens (including phenoxy) is 1. The Morgan fingerprint density at radius 3 is 2.52 bits per heavy atom. The lowest BCUT2D eigenvalue weighted by Gasteiger charge is -2.28. The van der Waals surface area contributed by atoms with Crippen molar-refractivity contribution in [1.82, 2.24) is 19.7 Å². The van der Waals surface area contributed by atoms with Crippen LogP contribution in [0.4, 0.5) is 11.4 Å². The van der Waals surface area contributed by atoms with E-state index in [-0.39, 0.29) is 11.7 Å². The van der Waals surface area contributed by atoms with E-state index in [9.17, 15) is 4.79 Å². The van der Waals surface area contributed by atoms with E-state index in [1.807, 2.05) is 36.4 Å². The molecule has 1 amide bonds. The number of carbonyl (C=O) groups excluding carboxylic acids is 1. The van der Waals surface area contributed by atoms with Crippen LogP contribution in [0.15, 0.2) is 53.9 Å². The van der Waals surface area contributed by atoms with Crippen molar-refractivity contribution in [2.75, 3.05) is 42.3 Å². The summed E-state index contributed by atoms with van der Waals surface area (Å²) >= 11 is 1.42. The average molecular weight is 437 g/mol. The fourth-order valence-electron chi connectivity index (χ4n) is 3.64. The van der Waals surface area contributed by atoms with E-state index in [1.54, 1.807) is 12.4 Å². The summed E-state index contributed by atoms with van der Waals surface area (Å²) in [7, 11) is 0. The Morgan fingerprint density at radius 2 is 1.81 bits per heavy atom. The summed E-state index contributed by atoms with van der Waals surface area (Å²) in [5.41, 5.74) is 2.94. The largest absolute Gasteiger partial charge is 0.378 e. The number of morpholine rings is 1. The maximum absolute atomic E-state index is 12.5. The Labute approximate surface area is 185 Å². The van der Waals surface area contributed by atoms with E-state index < -0.39 is 0 Å². The predicted octanol–water partition coefficient (Wildman–Crippen LogP) is 3.24. The number of carbonyl (C=O) groups is 1. The van der Waals surface area contributed by atoms with Crippen LogP contribution < -0.4 is 10.2 Å². The van der Waals surface area contributed by atoms with E-state index in [0.29, 0.717) is 6.04 Å². The topological polar surface area (TPSA) is 85.2 Å². The van der Waals surface area contributed by atoms with Crippen molar-refractivity contribution in [2.24, 2.45) is 0 Å². The Kier molecular flexibility index (Phi) is 5.86. The van der Waals surface area contributed by atoms with Gasteiger partial charge in [-0.1, -0.05) is 11.8 Å². The third-order valence-electron chi connectivity index (χ3n) is 5.37. The molecular weight excluding hydrogens is 412 g/mol. The second-order valence-corrected chi connectivity index (χ2v) is 8.57. The first kappa shape index (κ1) is 20.0. The van der Waals surface area contributed by atoms with Crippen molar-refractivity contribution in [2.45, 2.75) is 24.0 Å². The van der Waals surface area contributed by atoms with Crippen molar-refractivity contribution < 1.29 is 9.53 Å². The van der Waals surface area contributed by atoms with Crippen molar-refractivity contribution in [3.8, 4) is 11.4 Å². The fraction of sp³-hybridized carbons (Fsp3) is 0.364. The van der Waals surface area contributed by atoms with Gasteiger partial charge in [-0.05, 0) is 49.2 Å². The molecule has 3 aromatic rings. The minimum Gasteiger partial charge on any atom is -0.378 e. The molecule has 2 fully saturated rings. The van der Waals surface area contributed by atoms with Crippen LogP contribution in [0.3, 0.4) is 0 Å². The molecule has 0 bridgehead atoms. The van der Waals surface area contributed by atoms with Gasteiger partial charge in [-0.3, -0.25) is 14.3 Å². The number of nitrogens with one attached hydrogen (secondary N) is 1. The number of benzene rings is 1. The average Bonchev–Trinajstić information content (AvgIpc) is 3.58. The molecule has 0 spiro atoms. The molecule has 1 aliphatic heterocycles. The smallest absolute Gasteiger partial charge is 0.234 e. The summed E-state index contributed by atoms with van der Waals surface area (Å²) in [5.74, 6) is 1.07. The minimum atomic E-state index is -0.0556. The van der Waals surface area contributed by atoms with Crippen LogP contribution in [0.5, 0.6) is 0 Å². The zero-order valence-corrected chi connectivity index (χ0v) is 17.9. The van der Waals surface area contributed by atoms with Gasteiger partial charge in [0.25, 0.3) is 0 Å². The Bertz CT molecular complexity index is 1030. The second-order valence-electron chi connectivity index (χ2n) is 7.63. The van der Waals surface area contributed by atoms with Gasteiger partial charge in [0, 0.05) is 48.5 Å². The van der Waals surface area contributed by atoms with Gasteiger partial charge in [0.1, 0.15) is 0 Å². The number of hydrogen-bond acceptors (Lipinski definition) is 7. The molecule has 5 rings (SSSR count). The molecule has 1 aliphatic carbocycles. The van der Waals surface area contributed by atoms with E-state index in [0.717, 1.165) is 67.1 Å². The van der Waals surface area contributed by atoms with Crippen LogP contribution in [0.25, 0.3) is 11.4 Å². The standard InChI is InChI=1S/C22H24N6O2S/c29-20(24-17-1-3-18(4-2-17)27-11-13-30-14-12-27)15-31-22-26-25-21(28(22)19-5-6-19)16-7-9-23-10-8-16/h1-4,7-10,19H,5-6,11-15H2,(H,24,29). The Hall–Kier alpha value is -2.91. The van der Waals surface area contributed by atoms with Gasteiger partial charge in [-0.2, -0.15) is 0 Å². The van der Waals surface area contributed by atoms with Crippen molar-refractivity contribution >= 4 is 29.0 Å². The van der Waals surface area contributed by atoms with Crippen molar-refractivity contribution in [3.05, 3.63) is 48.8 Å². The number of thioether (sulfide) groups is 1. The minimum absolute atomic E-state index is 0.0556. The number of aromatic nitrogens is 4. The fourth-order valence-corrected chi connectivity index (χ4v) is 4.45. The van der Waals surface area contributed by atoms with E-state index in [2.05, 4.69) is 30.0 Å². The molecule has 1 aromatic carbocycles. The molecule has 31 heavy (non-hydrogen) atoms. The summed E-state index contributed by atoms with van der Waals surface area (Å²) in [6, 6.07) is 12.3. The monoisotopic (exact) mass is 436 g/mol. The van der Waals surface area contributed by atoms with Crippen LogP contribution in [-0.2, 0) is 9.53 Å². The SMILES string of the molecule is O=C(CSc1nnc(-c2ccncc2)n1C1CC1)Nc1ccc(N2CCOCC2)cc1. The van der Waals surface area contributed by atoms with Crippen molar-refractivity contribution in [1.29, 1.82) is 0 Å². The number of rotatable bonds is 7. The summed E-state index contributed by atoms with van der Waals surface area (Å²) in [4.78, 5) is 18.9. The third-order valence-corrected chi connectivity index (χ3v) is 6.32. The van der Waals surface area contributed by atoms with Gasteiger partial charge < -0.3 is 15.0 Å². The predicted molar refractivity (Wildman–Crippen MR) is 120 cm³/mol. The molecule has 2 aromatic heterocycles. The molecule has 1 saturated carbocycles. The van der Waals surface area contributed by atoms with Gasteiger partial charge in [-0.25, -0.2) is 0 Å². The zero-order chi connectivity index (χ0) is 21.0. The van der Waals surface area contributed by atoms with Crippen LogP contribution >= 0.6 is 11.8 Å². The lowest BCUT2D eigenvalue weighted by Crippen LogP contribution is -2.36. The van der Waals surface area contributed by atoms with E-state index in [4.69, 9.17) is 4.74 Å². The first-order valence-corrected chi connectivity index (χ1v) is 11.5. The molecule has 0 atom stereocenters. The van der Waals surface area contributed by atoms with Crippen LogP contribution in [0, 0.1) is 0 Å². The highest BCUT2D eigenvalue weighted by atomic mass is 32.2. The van der Waals surface area contributed by atoms with Gasteiger partial charge in [0.2, 0.25) is 5.91 Å². The van der Waals surface area contributed by atoms with Crippen molar-refractivity contribution in [3.63, 3.8) is 0 Å². The molecule has 2 aliphatic rings. The van der Waals surface area contributed by atoms with Crippen LogP contribution in [-0.4, -0.2) is 57.7 Å². The summed E-state index contributed by atoms with van der Waals surface area (Å²) in [5, 5.41) is 12.5. The lowest BCUT2D eigenvalue weighted by molar-refractivity contribution is -0.113. The summed E-state index contributed by atoms with van der Waals surface area (Å²) in [6.45, 7) is 3.30. The molecule has 1 N–H and O–H groups in total. The first-order chi connectivity index (χ1) is 15.3. The van der Waals surface area contributed by atoms with Gasteiger partial charge >= 0.3 is 0 Å². The highest BCUT2D eigenvalue weighted by molar-refractivity contribution is 7.99. The molecule has 1 saturated heterocycles. The van der Waals surface area contributed by atoms with Gasteiger partial charge in [0.15, 0.2) is 11.0 Å². The quantitative estimate of drug-likeness (QED) is 0.569. The molecule has 0 radical (unpaired) electrons. The highest BCUT2D eigenvalue weighted by Crippen LogP contribution is 2.41. The number of pyridine rings is 1. The third kappa shape index (κ3) is 4.72. The molecule has 9 heteroatoms. The van der Waals surface area contributed by atoms with Gasteiger partial charge in [0.05, 0.1) is 19.0 Å². The van der Waals surface area contributed by atoms with Crippen LogP contribution in [0.1, 0.15) is 18.9 Å². The molecular formula is C22H24N6O2S. The number of hydrogen-bond donors (Lipinski definition) is 1. The normalized spacial score (nSPS) is 16.3. The lowest BCUT2D eigenvalue weighted by atomic mass is 10.2. The first-order valence-electron chi connectivity index (χ1n) is 10.5. The second kappa shape index (κ2) is 9.07. The Morgan fingerprint density at radius 1 is 1.06 bits per heavy atom.